The van der Waals surface area contributed by atoms with E-state index >= 15 is 0 Å². The van der Waals surface area contributed by atoms with Crippen molar-refractivity contribution < 1.29 is 19.5 Å². The minimum Gasteiger partial charge on any atom is -0.481 e. The lowest BCUT2D eigenvalue weighted by Gasteiger charge is -2.07. The Hall–Kier alpha value is -2.38. The number of nitrogens with zero attached hydrogens (tertiary/aromatic N) is 2. The number of carbonyl (C=O) groups excluding carboxylic acids is 2. The van der Waals surface area contributed by atoms with Crippen molar-refractivity contribution >= 4 is 17.9 Å². The number of imide groups is 1. The van der Waals surface area contributed by atoms with Crippen molar-refractivity contribution in [3.63, 3.8) is 0 Å². The van der Waals surface area contributed by atoms with E-state index in [0.717, 1.165) is 13.0 Å². The maximum Gasteiger partial charge on any atom is 0.321 e. The molecule has 0 aliphatic heterocycles. The number of carboxylic acid groups (broad SMARTS) is 1. The molecule has 1 aromatic rings. The van der Waals surface area contributed by atoms with Crippen molar-refractivity contribution in [1.82, 2.24) is 20.2 Å². The second kappa shape index (κ2) is 9.51. The number of aliphatic carboxylic acids is 1. The lowest BCUT2D eigenvalue weighted by molar-refractivity contribution is -0.137. The summed E-state index contributed by atoms with van der Waals surface area (Å²) in [6, 6.07) is -0.524. The van der Waals surface area contributed by atoms with Crippen LogP contribution in [0.2, 0.25) is 0 Å². The van der Waals surface area contributed by atoms with Crippen molar-refractivity contribution in [1.29, 1.82) is 0 Å². The van der Waals surface area contributed by atoms with E-state index in [1.54, 1.807) is 12.5 Å². The van der Waals surface area contributed by atoms with Crippen molar-refractivity contribution in [3.8, 4) is 0 Å². The number of aryl methyl sites for hydroxylation is 1. The summed E-state index contributed by atoms with van der Waals surface area (Å²) in [6.45, 7) is 1.19. The molecule has 3 N–H and O–H groups in total. The summed E-state index contributed by atoms with van der Waals surface area (Å²) in [4.78, 5) is 37.0. The van der Waals surface area contributed by atoms with Crippen LogP contribution in [0, 0.1) is 0 Å². The summed E-state index contributed by atoms with van der Waals surface area (Å²) in [6.07, 6.45) is 7.01. The van der Waals surface area contributed by atoms with Crippen LogP contribution < -0.4 is 10.6 Å². The number of nitrogens with one attached hydrogen (secondary N) is 2. The first kappa shape index (κ1) is 16.7. The lowest BCUT2D eigenvalue weighted by Crippen LogP contribution is -2.39. The van der Waals surface area contributed by atoms with Crippen LogP contribution in [0.3, 0.4) is 0 Å². The molecule has 0 fully saturated rings. The minimum absolute atomic E-state index is 0.0354. The van der Waals surface area contributed by atoms with E-state index in [1.165, 1.54) is 0 Å². The van der Waals surface area contributed by atoms with Gasteiger partial charge < -0.3 is 15.0 Å². The van der Waals surface area contributed by atoms with Gasteiger partial charge in [-0.05, 0) is 19.3 Å². The minimum atomic E-state index is -0.883. The number of carboxylic acids is 1. The van der Waals surface area contributed by atoms with Crippen LogP contribution in [0.25, 0.3) is 0 Å². The molecule has 0 radical (unpaired) electrons. The first-order valence-corrected chi connectivity index (χ1v) is 6.83. The fraction of sp³-hybridized carbons (Fsp3) is 0.538. The number of unbranched alkanes of at least 4 members (excludes halogenated alkanes) is 1. The number of hydrogen-bond acceptors (Lipinski definition) is 4. The van der Waals surface area contributed by atoms with Crippen LogP contribution in [0.1, 0.15) is 32.1 Å². The third-order valence-electron chi connectivity index (χ3n) is 2.74. The number of imidazole rings is 1. The monoisotopic (exact) mass is 296 g/mol. The van der Waals surface area contributed by atoms with E-state index in [0.29, 0.717) is 19.4 Å². The highest BCUT2D eigenvalue weighted by Gasteiger charge is 2.07. The Morgan fingerprint density at radius 3 is 2.57 bits per heavy atom. The molecule has 0 saturated heterocycles. The second-order valence-electron chi connectivity index (χ2n) is 4.56. The zero-order valence-corrected chi connectivity index (χ0v) is 11.7. The van der Waals surface area contributed by atoms with Gasteiger partial charge in [-0.1, -0.05) is 0 Å². The molecule has 1 aromatic heterocycles. The Kier molecular flexibility index (Phi) is 7.55. The predicted octanol–water partition coefficient (Wildman–Crippen LogP) is 0.744. The zero-order chi connectivity index (χ0) is 15.5. The summed E-state index contributed by atoms with van der Waals surface area (Å²) in [5.74, 6) is -1.28. The smallest absolute Gasteiger partial charge is 0.321 e. The van der Waals surface area contributed by atoms with E-state index in [-0.39, 0.29) is 12.8 Å². The summed E-state index contributed by atoms with van der Waals surface area (Å²) in [5, 5.41) is 13.2. The quantitative estimate of drug-likeness (QED) is 0.582. The SMILES string of the molecule is O=C(O)CCCCC(=O)NC(=O)NCCCn1ccnc1. The van der Waals surface area contributed by atoms with Gasteiger partial charge in [-0.2, -0.15) is 0 Å². The highest BCUT2D eigenvalue weighted by Crippen LogP contribution is 1.99. The summed E-state index contributed by atoms with van der Waals surface area (Å²) >= 11 is 0. The van der Waals surface area contributed by atoms with Gasteiger partial charge in [-0.15, -0.1) is 0 Å². The first-order valence-electron chi connectivity index (χ1n) is 6.83. The largest absolute Gasteiger partial charge is 0.481 e. The molecular formula is C13H20N4O4. The number of aromatic nitrogens is 2. The molecule has 0 aromatic carbocycles. The van der Waals surface area contributed by atoms with Crippen LogP contribution in [-0.4, -0.2) is 39.1 Å². The molecule has 116 valence electrons. The summed E-state index contributed by atoms with van der Waals surface area (Å²) < 4.78 is 1.90. The molecule has 1 heterocycles. The van der Waals surface area contributed by atoms with E-state index in [4.69, 9.17) is 5.11 Å². The van der Waals surface area contributed by atoms with Gasteiger partial charge >= 0.3 is 12.0 Å². The Morgan fingerprint density at radius 1 is 1.14 bits per heavy atom. The van der Waals surface area contributed by atoms with Crippen molar-refractivity contribution in [3.05, 3.63) is 18.7 Å². The maximum atomic E-state index is 11.4. The lowest BCUT2D eigenvalue weighted by atomic mass is 10.2. The molecule has 21 heavy (non-hydrogen) atoms. The fourth-order valence-corrected chi connectivity index (χ4v) is 1.68. The van der Waals surface area contributed by atoms with E-state index < -0.39 is 17.9 Å². The van der Waals surface area contributed by atoms with Crippen molar-refractivity contribution in [2.75, 3.05) is 6.54 Å². The standard InChI is InChI=1S/C13H20N4O4/c18-11(4-1-2-5-12(19)20)16-13(21)15-6-3-8-17-9-7-14-10-17/h7,9-10H,1-6,8H2,(H,19,20)(H2,15,16,18,21). The Labute approximate surface area is 122 Å². The molecule has 0 saturated carbocycles. The molecule has 0 bridgehead atoms. The third-order valence-corrected chi connectivity index (χ3v) is 2.74. The van der Waals surface area contributed by atoms with Gasteiger partial charge in [-0.3, -0.25) is 14.9 Å². The Balaban J connectivity index is 2.01. The Morgan fingerprint density at radius 2 is 1.90 bits per heavy atom. The van der Waals surface area contributed by atoms with Crippen LogP contribution in [0.5, 0.6) is 0 Å². The van der Waals surface area contributed by atoms with Crippen molar-refractivity contribution in [2.45, 2.75) is 38.6 Å². The van der Waals surface area contributed by atoms with E-state index in [2.05, 4.69) is 15.6 Å². The normalized spacial score (nSPS) is 10.1. The zero-order valence-electron chi connectivity index (χ0n) is 11.7. The topological polar surface area (TPSA) is 113 Å². The molecule has 8 heteroatoms. The molecule has 0 aliphatic carbocycles. The van der Waals surface area contributed by atoms with Crippen LogP contribution >= 0.6 is 0 Å². The van der Waals surface area contributed by atoms with Crippen LogP contribution in [0.4, 0.5) is 4.79 Å². The van der Waals surface area contributed by atoms with E-state index in [1.807, 2.05) is 10.8 Å². The van der Waals surface area contributed by atoms with Gasteiger partial charge in [0.2, 0.25) is 5.91 Å². The fourth-order valence-electron chi connectivity index (χ4n) is 1.68. The van der Waals surface area contributed by atoms with Gasteiger partial charge in [0, 0.05) is 38.3 Å². The maximum absolute atomic E-state index is 11.4. The van der Waals surface area contributed by atoms with Crippen LogP contribution in [0.15, 0.2) is 18.7 Å². The highest BCUT2D eigenvalue weighted by molar-refractivity contribution is 5.94. The molecule has 0 unspecified atom stereocenters. The van der Waals surface area contributed by atoms with Crippen LogP contribution in [-0.2, 0) is 16.1 Å². The van der Waals surface area contributed by atoms with Gasteiger partial charge in [0.05, 0.1) is 6.33 Å². The molecule has 0 aliphatic rings. The first-order chi connectivity index (χ1) is 10.1. The van der Waals surface area contributed by atoms with E-state index in [9.17, 15) is 14.4 Å². The highest BCUT2D eigenvalue weighted by atomic mass is 16.4. The number of amides is 3. The average molecular weight is 296 g/mol. The van der Waals surface area contributed by atoms with Gasteiger partial charge in [-0.25, -0.2) is 9.78 Å². The molecular weight excluding hydrogens is 276 g/mol. The van der Waals surface area contributed by atoms with Gasteiger partial charge in [0.1, 0.15) is 0 Å². The second-order valence-corrected chi connectivity index (χ2v) is 4.56. The number of carbonyl (C=O) groups is 3. The van der Waals surface area contributed by atoms with Gasteiger partial charge in [0.15, 0.2) is 0 Å². The third kappa shape index (κ3) is 8.40. The summed E-state index contributed by atoms with van der Waals surface area (Å²) in [7, 11) is 0. The predicted molar refractivity (Wildman–Crippen MR) is 74.5 cm³/mol. The number of hydrogen-bond donors (Lipinski definition) is 3. The number of urea groups is 1. The van der Waals surface area contributed by atoms with Gasteiger partial charge in [0.25, 0.3) is 0 Å². The molecule has 3 amide bonds. The molecule has 0 atom stereocenters. The Bertz CT molecular complexity index is 459. The molecule has 8 nitrogen and oxygen atoms in total. The summed E-state index contributed by atoms with van der Waals surface area (Å²) in [5.41, 5.74) is 0. The van der Waals surface area contributed by atoms with Crippen molar-refractivity contribution in [2.24, 2.45) is 0 Å². The number of rotatable bonds is 9. The molecule has 0 spiro atoms. The average Bonchev–Trinajstić information content (AvgIpc) is 2.93. The molecule has 1 rings (SSSR count).